The Morgan fingerprint density at radius 2 is 1.94 bits per heavy atom. The van der Waals surface area contributed by atoms with Crippen molar-refractivity contribution in [2.75, 3.05) is 19.4 Å². The van der Waals surface area contributed by atoms with E-state index in [4.69, 9.17) is 8.92 Å². The van der Waals surface area contributed by atoms with Gasteiger partial charge in [-0.05, 0) is 51.2 Å². The first kappa shape index (κ1) is 25.2. The minimum Gasteiger partial charge on any atom is -0.444 e. The number of aliphatic hydroxyl groups is 1. The first-order valence-electron chi connectivity index (χ1n) is 11.0. The van der Waals surface area contributed by atoms with Gasteiger partial charge in [-0.3, -0.25) is 8.86 Å². The lowest BCUT2D eigenvalue weighted by Gasteiger charge is -2.41. The number of likely N-dealkylation sites (tertiary alicyclic amines) is 1. The van der Waals surface area contributed by atoms with Crippen LogP contribution in [0.3, 0.4) is 0 Å². The predicted molar refractivity (Wildman–Crippen MR) is 123 cm³/mol. The summed E-state index contributed by atoms with van der Waals surface area (Å²) in [7, 11) is -3.58. The summed E-state index contributed by atoms with van der Waals surface area (Å²) < 4.78 is 35.1. The second-order valence-corrected chi connectivity index (χ2v) is 11.1. The lowest BCUT2D eigenvalue weighted by Crippen LogP contribution is -2.51. The third kappa shape index (κ3) is 7.55. The summed E-state index contributed by atoms with van der Waals surface area (Å²) >= 11 is 0. The lowest BCUT2D eigenvalue weighted by atomic mass is 9.88. The van der Waals surface area contributed by atoms with Crippen molar-refractivity contribution >= 4 is 16.2 Å². The molecule has 3 unspecified atom stereocenters. The van der Waals surface area contributed by atoms with E-state index in [0.717, 1.165) is 11.8 Å². The molecule has 9 nitrogen and oxygen atoms in total. The van der Waals surface area contributed by atoms with E-state index in [-0.39, 0.29) is 12.5 Å². The summed E-state index contributed by atoms with van der Waals surface area (Å²) in [6.07, 6.45) is 2.13. The first-order chi connectivity index (χ1) is 15.4. The molecule has 1 aliphatic heterocycles. The molecule has 0 saturated carbocycles. The third-order valence-electron chi connectivity index (χ3n) is 5.42. The number of carbonyl (C=O) groups excluding carboxylic acids is 1. The van der Waals surface area contributed by atoms with Crippen molar-refractivity contribution in [2.24, 2.45) is 5.92 Å². The molecule has 1 aliphatic rings. The van der Waals surface area contributed by atoms with E-state index in [1.165, 1.54) is 4.90 Å². The molecular weight excluding hydrogens is 446 g/mol. The monoisotopic (exact) mass is 479 g/mol. The normalized spacial score (nSPS) is 20.5. The zero-order valence-corrected chi connectivity index (χ0v) is 20.4. The molecule has 1 aromatic heterocycles. The molecule has 0 spiro atoms. The van der Waals surface area contributed by atoms with E-state index in [2.05, 4.69) is 5.10 Å². The molecule has 1 amide bonds. The van der Waals surface area contributed by atoms with Crippen LogP contribution >= 0.6 is 0 Å². The van der Waals surface area contributed by atoms with Gasteiger partial charge in [0.2, 0.25) is 0 Å². The number of aromatic nitrogens is 2. The second kappa shape index (κ2) is 10.2. The zero-order chi connectivity index (χ0) is 24.2. The van der Waals surface area contributed by atoms with E-state index in [0.29, 0.717) is 31.6 Å². The van der Waals surface area contributed by atoms with Crippen LogP contribution < -0.4 is 0 Å². The summed E-state index contributed by atoms with van der Waals surface area (Å²) in [4.78, 5) is 14.4. The van der Waals surface area contributed by atoms with Gasteiger partial charge >= 0.3 is 6.09 Å². The quantitative estimate of drug-likeness (QED) is 0.608. The Morgan fingerprint density at radius 3 is 2.58 bits per heavy atom. The Labute approximate surface area is 195 Å². The number of piperidine rings is 1. The molecule has 0 bridgehead atoms. The smallest absolute Gasteiger partial charge is 0.410 e. The van der Waals surface area contributed by atoms with Crippen LogP contribution in [0.4, 0.5) is 4.79 Å². The number of amides is 1. The Morgan fingerprint density at radius 1 is 1.24 bits per heavy atom. The number of aliphatic hydroxyl groups excluding tert-OH is 1. The van der Waals surface area contributed by atoms with Gasteiger partial charge in [0.1, 0.15) is 11.7 Å². The summed E-state index contributed by atoms with van der Waals surface area (Å²) in [5.74, 6) is -0.135. The van der Waals surface area contributed by atoms with Crippen molar-refractivity contribution in [3.8, 4) is 0 Å². The van der Waals surface area contributed by atoms with Crippen molar-refractivity contribution in [3.05, 3.63) is 53.9 Å². The molecule has 2 aromatic rings. The van der Waals surface area contributed by atoms with E-state index in [1.807, 2.05) is 30.3 Å². The fourth-order valence-corrected chi connectivity index (χ4v) is 4.32. The summed E-state index contributed by atoms with van der Waals surface area (Å²) in [5, 5.41) is 15.7. The average molecular weight is 480 g/mol. The third-order valence-corrected chi connectivity index (χ3v) is 5.98. The molecule has 1 N–H and O–H groups in total. The number of ether oxygens (including phenoxy) is 1. The van der Waals surface area contributed by atoms with Gasteiger partial charge in [0.15, 0.2) is 0 Å². The fraction of sp³-hybridized carbons (Fsp3) is 0.565. The number of benzene rings is 1. The fourth-order valence-electron chi connectivity index (χ4n) is 3.88. The number of hydrogen-bond donors (Lipinski definition) is 1. The maximum Gasteiger partial charge on any atom is 0.410 e. The molecule has 33 heavy (non-hydrogen) atoms. The highest BCUT2D eigenvalue weighted by molar-refractivity contribution is 7.85. The molecule has 3 atom stereocenters. The molecule has 2 heterocycles. The molecule has 10 heteroatoms. The van der Waals surface area contributed by atoms with E-state index in [1.54, 1.807) is 37.7 Å². The van der Waals surface area contributed by atoms with Gasteiger partial charge in [-0.1, -0.05) is 30.3 Å². The zero-order valence-electron chi connectivity index (χ0n) is 19.5. The van der Waals surface area contributed by atoms with E-state index in [9.17, 15) is 18.3 Å². The van der Waals surface area contributed by atoms with Crippen LogP contribution in [0.2, 0.25) is 0 Å². The van der Waals surface area contributed by atoms with Crippen molar-refractivity contribution in [3.63, 3.8) is 0 Å². The van der Waals surface area contributed by atoms with Gasteiger partial charge in [0, 0.05) is 12.7 Å². The molecule has 182 valence electrons. The number of nitrogens with zero attached hydrogens (tertiary/aromatic N) is 3. The number of rotatable bonds is 7. The van der Waals surface area contributed by atoms with Crippen LogP contribution in [0.5, 0.6) is 0 Å². The molecular formula is C23H33N3O6S. The largest absolute Gasteiger partial charge is 0.444 e. The summed E-state index contributed by atoms with van der Waals surface area (Å²) in [6.45, 7) is 6.24. The van der Waals surface area contributed by atoms with Gasteiger partial charge in [0.05, 0.1) is 31.1 Å². The molecule has 1 aromatic carbocycles. The Balaban J connectivity index is 1.77. The Kier molecular flexibility index (Phi) is 7.81. The Bertz CT molecular complexity index is 1030. The number of carbonyl (C=O) groups is 1. The maximum atomic E-state index is 12.9. The van der Waals surface area contributed by atoms with Crippen molar-refractivity contribution in [2.45, 2.75) is 57.9 Å². The minimum atomic E-state index is -3.58. The van der Waals surface area contributed by atoms with Crippen LogP contribution in [0.25, 0.3) is 0 Å². The standard InChI is InChI=1S/C23H33N3O6S/c1-23(2,3)32-22(28)26-13-10-18(16-31-33(4,29)30)14-20(26)21(27)19-11-12-25(24-19)15-17-8-6-5-7-9-17/h5-9,11-12,18,20-21,27H,10,13-16H2,1-4H3. The van der Waals surface area contributed by atoms with Gasteiger partial charge in [-0.15, -0.1) is 0 Å². The molecule has 0 aliphatic carbocycles. The SMILES string of the molecule is CC(C)(C)OC(=O)N1CCC(COS(C)(=O)=O)CC1C(O)c1ccn(Cc2ccccc2)n1. The maximum absolute atomic E-state index is 12.9. The summed E-state index contributed by atoms with van der Waals surface area (Å²) in [5.41, 5.74) is 0.835. The van der Waals surface area contributed by atoms with E-state index >= 15 is 0 Å². The Hall–Kier alpha value is -2.43. The highest BCUT2D eigenvalue weighted by Crippen LogP contribution is 2.32. The highest BCUT2D eigenvalue weighted by Gasteiger charge is 2.39. The van der Waals surface area contributed by atoms with Gasteiger partial charge in [-0.2, -0.15) is 13.5 Å². The van der Waals surface area contributed by atoms with Crippen molar-refractivity contribution in [1.29, 1.82) is 0 Å². The lowest BCUT2D eigenvalue weighted by molar-refractivity contribution is -0.0297. The molecule has 1 saturated heterocycles. The van der Waals surface area contributed by atoms with Crippen LogP contribution in [-0.4, -0.2) is 65.3 Å². The van der Waals surface area contributed by atoms with Gasteiger partial charge in [0.25, 0.3) is 10.1 Å². The van der Waals surface area contributed by atoms with E-state index < -0.39 is 34.0 Å². The highest BCUT2D eigenvalue weighted by atomic mass is 32.2. The van der Waals surface area contributed by atoms with Crippen LogP contribution in [0, 0.1) is 5.92 Å². The van der Waals surface area contributed by atoms with Crippen LogP contribution in [-0.2, 0) is 25.6 Å². The van der Waals surface area contributed by atoms with Gasteiger partial charge < -0.3 is 14.7 Å². The molecule has 3 rings (SSSR count). The van der Waals surface area contributed by atoms with Crippen LogP contribution in [0.15, 0.2) is 42.6 Å². The summed E-state index contributed by atoms with van der Waals surface area (Å²) in [6, 6.07) is 11.0. The topological polar surface area (TPSA) is 111 Å². The molecule has 1 fully saturated rings. The van der Waals surface area contributed by atoms with Crippen LogP contribution in [0.1, 0.15) is 51.0 Å². The minimum absolute atomic E-state index is 0.00661. The van der Waals surface area contributed by atoms with Crippen molar-refractivity contribution < 1.29 is 27.2 Å². The number of hydrogen-bond acceptors (Lipinski definition) is 7. The first-order valence-corrected chi connectivity index (χ1v) is 12.8. The molecule has 0 radical (unpaired) electrons. The predicted octanol–water partition coefficient (Wildman–Crippen LogP) is 2.96. The van der Waals surface area contributed by atoms with Crippen molar-refractivity contribution in [1.82, 2.24) is 14.7 Å². The average Bonchev–Trinajstić information content (AvgIpc) is 3.19. The second-order valence-electron chi connectivity index (χ2n) is 9.49. The van der Waals surface area contributed by atoms with Gasteiger partial charge in [-0.25, -0.2) is 4.79 Å².